The van der Waals surface area contributed by atoms with E-state index in [4.69, 9.17) is 35.6 Å². The zero-order valence-corrected chi connectivity index (χ0v) is 22.7. The maximum Gasteiger partial charge on any atom is 0.409 e. The van der Waals surface area contributed by atoms with Gasteiger partial charge in [0.2, 0.25) is 0 Å². The van der Waals surface area contributed by atoms with E-state index in [0.717, 1.165) is 5.56 Å². The number of halogens is 1. The van der Waals surface area contributed by atoms with Gasteiger partial charge < -0.3 is 34.6 Å². The molecule has 1 aliphatic heterocycles. The third-order valence-corrected chi connectivity index (χ3v) is 6.72. The predicted octanol–water partition coefficient (Wildman–Crippen LogP) is 3.67. The molecule has 4 rings (SSSR count). The molecular formula is C26H33ClN6O5. The number of rotatable bonds is 9. The molecule has 2 aromatic heterocycles. The minimum Gasteiger partial charge on any atom is -0.491 e. The Hall–Kier alpha value is -3.41. The van der Waals surface area contributed by atoms with Gasteiger partial charge in [0.1, 0.15) is 40.8 Å². The molecule has 1 aromatic carbocycles. The van der Waals surface area contributed by atoms with E-state index in [2.05, 4.69) is 15.8 Å². The first-order valence-electron chi connectivity index (χ1n) is 12.5. The van der Waals surface area contributed by atoms with Crippen LogP contribution in [0, 0.1) is 13.8 Å². The fourth-order valence-corrected chi connectivity index (χ4v) is 4.63. The van der Waals surface area contributed by atoms with Crippen LogP contribution in [0.3, 0.4) is 0 Å². The number of benzene rings is 1. The van der Waals surface area contributed by atoms with Crippen molar-refractivity contribution in [3.05, 3.63) is 40.7 Å². The van der Waals surface area contributed by atoms with Crippen LogP contribution in [0.1, 0.15) is 24.3 Å². The molecule has 1 atom stereocenters. The fourth-order valence-electron chi connectivity index (χ4n) is 4.40. The number of aromatic nitrogens is 3. The van der Waals surface area contributed by atoms with E-state index < -0.39 is 6.10 Å². The summed E-state index contributed by atoms with van der Waals surface area (Å²) in [6.07, 6.45) is 0.461. The van der Waals surface area contributed by atoms with Crippen molar-refractivity contribution in [3.63, 3.8) is 0 Å². The molecule has 1 saturated heterocycles. The topological polar surface area (TPSA) is 135 Å². The third-order valence-electron chi connectivity index (χ3n) is 6.36. The smallest absolute Gasteiger partial charge is 0.409 e. The zero-order chi connectivity index (χ0) is 27.2. The highest BCUT2D eigenvalue weighted by atomic mass is 35.5. The van der Waals surface area contributed by atoms with Crippen LogP contribution in [0.15, 0.2) is 28.8 Å². The number of nitrogens with zero attached hydrogens (tertiary/aromatic N) is 4. The van der Waals surface area contributed by atoms with Gasteiger partial charge in [-0.05, 0) is 45.9 Å². The first-order chi connectivity index (χ1) is 18.3. The Morgan fingerprint density at radius 2 is 2.05 bits per heavy atom. The maximum atomic E-state index is 11.9. The summed E-state index contributed by atoms with van der Waals surface area (Å²) < 4.78 is 16.0. The number of anilines is 1. The fraction of sp³-hybridized carbons (Fsp3) is 0.462. The molecule has 3 N–H and O–H groups in total. The number of likely N-dealkylation sites (N-methyl/N-ethyl adjacent to an activating group) is 1. The summed E-state index contributed by atoms with van der Waals surface area (Å²) in [5.74, 6) is 2.11. The number of hydrogen-bond acceptors (Lipinski definition) is 10. The summed E-state index contributed by atoms with van der Waals surface area (Å²) >= 11 is 6.87. The number of aliphatic hydroxyl groups excluding tert-OH is 1. The Balaban J connectivity index is 1.66. The standard InChI is InChI=1S/C26H33ClN6O5/c1-15-21(16(2)38-32-15)23-22(27)25(29-18-8-10-33(11-9-18)26(35)36-4)31-24(30-23)17-6-5-7-20(12-17)37-14-19(34)13-28-3/h5-7,12,18-19,28,34H,8-11,13-14H2,1-4H3,(H,29,30,31). The molecule has 3 heterocycles. The summed E-state index contributed by atoms with van der Waals surface area (Å²) in [6.45, 7) is 5.35. The van der Waals surface area contributed by atoms with E-state index in [1.165, 1.54) is 7.11 Å². The number of hydrogen-bond donors (Lipinski definition) is 3. The van der Waals surface area contributed by atoms with Gasteiger partial charge in [0.15, 0.2) is 5.82 Å². The molecule has 12 heteroatoms. The summed E-state index contributed by atoms with van der Waals surface area (Å²) in [5, 5.41) is 20.8. The van der Waals surface area contributed by atoms with Crippen molar-refractivity contribution in [1.29, 1.82) is 0 Å². The van der Waals surface area contributed by atoms with Gasteiger partial charge in [-0.1, -0.05) is 28.9 Å². The summed E-state index contributed by atoms with van der Waals surface area (Å²) in [6, 6.07) is 7.42. The highest BCUT2D eigenvalue weighted by Gasteiger charge is 2.26. The van der Waals surface area contributed by atoms with Gasteiger partial charge in [-0.25, -0.2) is 14.8 Å². The second kappa shape index (κ2) is 12.4. The SMILES string of the molecule is CNCC(O)COc1cccc(-c2nc(NC3CCN(C(=O)OC)CC3)c(Cl)c(-c3c(C)noc3C)n2)c1. The number of carbonyl (C=O) groups excluding carboxylic acids is 1. The Bertz CT molecular complexity index is 1240. The molecule has 1 unspecified atom stereocenters. The van der Waals surface area contributed by atoms with Crippen molar-refractivity contribution in [1.82, 2.24) is 25.3 Å². The molecule has 1 aliphatic rings. The normalized spacial score (nSPS) is 14.8. The molecule has 3 aromatic rings. The molecule has 204 valence electrons. The van der Waals surface area contributed by atoms with Gasteiger partial charge in [0.25, 0.3) is 0 Å². The third kappa shape index (κ3) is 6.35. The molecule has 1 fully saturated rings. The van der Waals surface area contributed by atoms with E-state index in [9.17, 15) is 9.90 Å². The van der Waals surface area contributed by atoms with E-state index in [-0.39, 0.29) is 18.7 Å². The maximum absolute atomic E-state index is 11.9. The number of carbonyl (C=O) groups is 1. The van der Waals surface area contributed by atoms with Gasteiger partial charge in [0.05, 0.1) is 18.4 Å². The van der Waals surface area contributed by atoms with Crippen LogP contribution in [0.5, 0.6) is 5.75 Å². The van der Waals surface area contributed by atoms with Crippen LogP contribution in [-0.4, -0.2) is 83.8 Å². The molecule has 0 aliphatic carbocycles. The molecule has 0 saturated carbocycles. The number of piperidine rings is 1. The van der Waals surface area contributed by atoms with Gasteiger partial charge >= 0.3 is 6.09 Å². The zero-order valence-electron chi connectivity index (χ0n) is 22.0. The van der Waals surface area contributed by atoms with Crippen LogP contribution < -0.4 is 15.4 Å². The summed E-state index contributed by atoms with van der Waals surface area (Å²) in [7, 11) is 3.15. The average molecular weight is 545 g/mol. The number of likely N-dealkylation sites (tertiary alicyclic amines) is 1. The Morgan fingerprint density at radius 3 is 2.71 bits per heavy atom. The van der Waals surface area contributed by atoms with Gasteiger partial charge in [-0.15, -0.1) is 0 Å². The number of ether oxygens (including phenoxy) is 2. The second-order valence-electron chi connectivity index (χ2n) is 9.18. The van der Waals surface area contributed by atoms with Gasteiger partial charge in [0, 0.05) is 31.2 Å². The quantitative estimate of drug-likeness (QED) is 0.366. The van der Waals surface area contributed by atoms with E-state index >= 15 is 0 Å². The molecule has 38 heavy (non-hydrogen) atoms. The largest absolute Gasteiger partial charge is 0.491 e. The highest BCUT2D eigenvalue weighted by molar-refractivity contribution is 6.35. The van der Waals surface area contributed by atoms with Crippen molar-refractivity contribution in [2.24, 2.45) is 0 Å². The lowest BCUT2D eigenvalue weighted by Gasteiger charge is -2.31. The van der Waals surface area contributed by atoms with Crippen LogP contribution in [0.25, 0.3) is 22.6 Å². The lowest BCUT2D eigenvalue weighted by Crippen LogP contribution is -2.42. The minimum absolute atomic E-state index is 0.0528. The van der Waals surface area contributed by atoms with E-state index in [0.29, 0.717) is 77.6 Å². The summed E-state index contributed by atoms with van der Waals surface area (Å²) in [5.41, 5.74) is 2.61. The highest BCUT2D eigenvalue weighted by Crippen LogP contribution is 2.37. The van der Waals surface area contributed by atoms with Crippen molar-refractivity contribution < 1.29 is 23.9 Å². The molecule has 0 bridgehead atoms. The molecular weight excluding hydrogens is 512 g/mol. The number of nitrogens with one attached hydrogen (secondary N) is 2. The lowest BCUT2D eigenvalue weighted by molar-refractivity contribution is 0.108. The molecule has 0 spiro atoms. The van der Waals surface area contributed by atoms with Crippen LogP contribution in [0.4, 0.5) is 10.6 Å². The van der Waals surface area contributed by atoms with Crippen molar-refractivity contribution in [2.75, 3.05) is 45.7 Å². The molecule has 11 nitrogen and oxygen atoms in total. The molecule has 1 amide bonds. The lowest BCUT2D eigenvalue weighted by atomic mass is 10.0. The minimum atomic E-state index is -0.636. The van der Waals surface area contributed by atoms with E-state index in [1.807, 2.05) is 38.1 Å². The number of amides is 1. The second-order valence-corrected chi connectivity index (χ2v) is 9.56. The summed E-state index contributed by atoms with van der Waals surface area (Å²) in [4.78, 5) is 23.1. The molecule has 0 radical (unpaired) electrons. The number of aryl methyl sites for hydroxylation is 2. The van der Waals surface area contributed by atoms with E-state index in [1.54, 1.807) is 11.9 Å². The number of methoxy groups -OCH3 is 1. The number of aliphatic hydroxyl groups is 1. The van der Waals surface area contributed by atoms with Crippen molar-refractivity contribution in [2.45, 2.75) is 38.8 Å². The predicted molar refractivity (Wildman–Crippen MR) is 144 cm³/mol. The Labute approximate surface area is 226 Å². The van der Waals surface area contributed by atoms with Gasteiger partial charge in [-0.3, -0.25) is 0 Å². The average Bonchev–Trinajstić information content (AvgIpc) is 3.26. The van der Waals surface area contributed by atoms with Crippen molar-refractivity contribution >= 4 is 23.5 Å². The monoisotopic (exact) mass is 544 g/mol. The first-order valence-corrected chi connectivity index (χ1v) is 12.8. The van der Waals surface area contributed by atoms with Crippen LogP contribution in [0.2, 0.25) is 5.02 Å². The van der Waals surface area contributed by atoms with Crippen LogP contribution >= 0.6 is 11.6 Å². The van der Waals surface area contributed by atoms with Gasteiger partial charge in [-0.2, -0.15) is 0 Å². The first kappa shape index (κ1) is 27.6. The Kier molecular flexibility index (Phi) is 9.03. The van der Waals surface area contributed by atoms with Crippen molar-refractivity contribution in [3.8, 4) is 28.4 Å². The Morgan fingerprint density at radius 1 is 1.29 bits per heavy atom. The van der Waals surface area contributed by atoms with Crippen LogP contribution in [-0.2, 0) is 4.74 Å².